The monoisotopic (exact) mass is 233 g/mol. The summed E-state index contributed by atoms with van der Waals surface area (Å²) >= 11 is 0. The van der Waals surface area contributed by atoms with Crippen LogP contribution in [-0.4, -0.2) is 43.5 Å². The normalized spacial score (nSPS) is 12.6. The van der Waals surface area contributed by atoms with E-state index in [2.05, 4.69) is 5.32 Å². The molecule has 0 aliphatic rings. The molecule has 0 aliphatic heterocycles. The number of nitrogens with two attached hydrogens (primary N) is 2. The standard InChI is InChI=1S/C10H23N3O3/c11-9(14)4-2-1-3-5-13-6-7-16-8-10(12)15/h10,13,15H,1-8,12H2,(H2,11,14)/t10-/m1/s1. The Morgan fingerprint density at radius 2 is 2.06 bits per heavy atom. The van der Waals surface area contributed by atoms with Crippen LogP contribution in [0.1, 0.15) is 25.7 Å². The zero-order chi connectivity index (χ0) is 12.2. The van der Waals surface area contributed by atoms with Crippen molar-refractivity contribution in [2.45, 2.75) is 31.9 Å². The fraction of sp³-hybridized carbons (Fsp3) is 0.900. The van der Waals surface area contributed by atoms with Gasteiger partial charge >= 0.3 is 0 Å². The maximum atomic E-state index is 10.4. The highest BCUT2D eigenvalue weighted by Crippen LogP contribution is 1.97. The summed E-state index contributed by atoms with van der Waals surface area (Å²) in [6.07, 6.45) is 2.45. The SMILES string of the molecule is NC(=O)CCCCCNCCOC[C@H](N)O. The van der Waals surface area contributed by atoms with Gasteiger partial charge < -0.3 is 26.6 Å². The summed E-state index contributed by atoms with van der Waals surface area (Å²) in [5.74, 6) is -0.235. The van der Waals surface area contributed by atoms with Crippen molar-refractivity contribution in [3.05, 3.63) is 0 Å². The van der Waals surface area contributed by atoms with Gasteiger partial charge in [0, 0.05) is 13.0 Å². The van der Waals surface area contributed by atoms with Crippen molar-refractivity contribution < 1.29 is 14.6 Å². The number of unbranched alkanes of at least 4 members (excludes halogenated alkanes) is 2. The van der Waals surface area contributed by atoms with Gasteiger partial charge in [-0.1, -0.05) is 6.42 Å². The number of nitrogens with one attached hydrogen (secondary N) is 1. The van der Waals surface area contributed by atoms with Gasteiger partial charge in [0.1, 0.15) is 6.23 Å². The Morgan fingerprint density at radius 1 is 1.31 bits per heavy atom. The lowest BCUT2D eigenvalue weighted by Crippen LogP contribution is -2.28. The number of carbonyl (C=O) groups excluding carboxylic acids is 1. The first-order chi connectivity index (χ1) is 7.63. The number of aliphatic hydroxyl groups excluding tert-OH is 1. The number of hydrogen-bond donors (Lipinski definition) is 4. The number of hydrogen-bond acceptors (Lipinski definition) is 5. The molecule has 0 fully saturated rings. The molecule has 0 aromatic carbocycles. The number of rotatable bonds is 11. The molecule has 0 radical (unpaired) electrons. The van der Waals surface area contributed by atoms with E-state index in [1.807, 2.05) is 0 Å². The molecule has 0 bridgehead atoms. The lowest BCUT2D eigenvalue weighted by atomic mass is 10.2. The Balaban J connectivity index is 2.96. The molecule has 0 spiro atoms. The summed E-state index contributed by atoms with van der Waals surface area (Å²) in [5.41, 5.74) is 10.1. The van der Waals surface area contributed by atoms with Crippen molar-refractivity contribution >= 4 is 5.91 Å². The Hall–Kier alpha value is -0.690. The van der Waals surface area contributed by atoms with E-state index >= 15 is 0 Å². The molecular weight excluding hydrogens is 210 g/mol. The van der Waals surface area contributed by atoms with E-state index in [9.17, 15) is 4.79 Å². The van der Waals surface area contributed by atoms with E-state index < -0.39 is 6.23 Å². The molecule has 6 N–H and O–H groups in total. The van der Waals surface area contributed by atoms with Crippen LogP contribution < -0.4 is 16.8 Å². The minimum Gasteiger partial charge on any atom is -0.376 e. The Bertz CT molecular complexity index is 177. The van der Waals surface area contributed by atoms with Gasteiger partial charge in [-0.05, 0) is 19.4 Å². The van der Waals surface area contributed by atoms with E-state index in [0.717, 1.165) is 32.4 Å². The predicted molar refractivity (Wildman–Crippen MR) is 61.5 cm³/mol. The second-order valence-corrected chi connectivity index (χ2v) is 3.67. The van der Waals surface area contributed by atoms with Gasteiger partial charge in [-0.15, -0.1) is 0 Å². The van der Waals surface area contributed by atoms with Crippen molar-refractivity contribution in [1.82, 2.24) is 5.32 Å². The van der Waals surface area contributed by atoms with Gasteiger partial charge in [0.15, 0.2) is 0 Å². The topological polar surface area (TPSA) is 111 Å². The highest BCUT2D eigenvalue weighted by molar-refractivity contribution is 5.73. The fourth-order valence-electron chi connectivity index (χ4n) is 1.20. The third-order valence-corrected chi connectivity index (χ3v) is 1.99. The minimum absolute atomic E-state index is 0.167. The summed E-state index contributed by atoms with van der Waals surface area (Å²) in [6, 6.07) is 0. The second-order valence-electron chi connectivity index (χ2n) is 3.67. The summed E-state index contributed by atoms with van der Waals surface area (Å²) in [6.45, 7) is 2.34. The second kappa shape index (κ2) is 10.8. The van der Waals surface area contributed by atoms with Gasteiger partial charge in [0.05, 0.1) is 13.2 Å². The molecule has 0 heterocycles. The van der Waals surface area contributed by atoms with E-state index in [1.54, 1.807) is 0 Å². The van der Waals surface area contributed by atoms with Crippen LogP contribution in [0.5, 0.6) is 0 Å². The highest BCUT2D eigenvalue weighted by Gasteiger charge is 1.96. The van der Waals surface area contributed by atoms with Crippen LogP contribution in [0.4, 0.5) is 0 Å². The zero-order valence-corrected chi connectivity index (χ0v) is 9.65. The molecule has 0 saturated heterocycles. The maximum absolute atomic E-state index is 10.4. The first kappa shape index (κ1) is 15.3. The molecule has 0 aromatic heterocycles. The van der Waals surface area contributed by atoms with Crippen molar-refractivity contribution in [2.24, 2.45) is 11.5 Å². The summed E-state index contributed by atoms with van der Waals surface area (Å²) in [5, 5.41) is 11.9. The van der Waals surface area contributed by atoms with Crippen LogP contribution in [0.3, 0.4) is 0 Å². The Morgan fingerprint density at radius 3 is 2.69 bits per heavy atom. The van der Waals surface area contributed by atoms with Gasteiger partial charge in [-0.2, -0.15) is 0 Å². The van der Waals surface area contributed by atoms with E-state index in [4.69, 9.17) is 21.3 Å². The van der Waals surface area contributed by atoms with Crippen molar-refractivity contribution in [3.63, 3.8) is 0 Å². The maximum Gasteiger partial charge on any atom is 0.217 e. The molecule has 6 nitrogen and oxygen atoms in total. The van der Waals surface area contributed by atoms with Crippen LogP contribution >= 0.6 is 0 Å². The Labute approximate surface area is 96.3 Å². The van der Waals surface area contributed by atoms with Gasteiger partial charge in [-0.25, -0.2) is 0 Å². The molecule has 0 unspecified atom stereocenters. The summed E-state index contributed by atoms with van der Waals surface area (Å²) in [7, 11) is 0. The molecule has 16 heavy (non-hydrogen) atoms. The third-order valence-electron chi connectivity index (χ3n) is 1.99. The lowest BCUT2D eigenvalue weighted by molar-refractivity contribution is -0.118. The summed E-state index contributed by atoms with van der Waals surface area (Å²) in [4.78, 5) is 10.4. The van der Waals surface area contributed by atoms with E-state index in [1.165, 1.54) is 0 Å². The smallest absolute Gasteiger partial charge is 0.217 e. The Kier molecular flexibility index (Phi) is 10.3. The van der Waals surface area contributed by atoms with Gasteiger partial charge in [0.2, 0.25) is 5.91 Å². The molecule has 0 rings (SSSR count). The van der Waals surface area contributed by atoms with E-state index in [-0.39, 0.29) is 12.5 Å². The predicted octanol–water partition coefficient (Wildman–Crippen LogP) is -1.08. The van der Waals surface area contributed by atoms with Gasteiger partial charge in [-0.3, -0.25) is 4.79 Å². The number of primary amides is 1. The first-order valence-corrected chi connectivity index (χ1v) is 5.63. The van der Waals surface area contributed by atoms with E-state index in [0.29, 0.717) is 13.0 Å². The van der Waals surface area contributed by atoms with Crippen LogP contribution in [-0.2, 0) is 9.53 Å². The van der Waals surface area contributed by atoms with Crippen molar-refractivity contribution in [3.8, 4) is 0 Å². The highest BCUT2D eigenvalue weighted by atomic mass is 16.5. The third kappa shape index (κ3) is 13.3. The number of amides is 1. The average molecular weight is 233 g/mol. The number of carbonyl (C=O) groups is 1. The van der Waals surface area contributed by atoms with Crippen LogP contribution in [0.15, 0.2) is 0 Å². The molecule has 0 aromatic rings. The molecule has 96 valence electrons. The van der Waals surface area contributed by atoms with Crippen LogP contribution in [0.2, 0.25) is 0 Å². The largest absolute Gasteiger partial charge is 0.376 e. The van der Waals surface area contributed by atoms with Crippen molar-refractivity contribution in [2.75, 3.05) is 26.3 Å². The molecule has 0 aliphatic carbocycles. The molecule has 6 heteroatoms. The molecule has 1 amide bonds. The molecule has 0 saturated carbocycles. The van der Waals surface area contributed by atoms with Crippen LogP contribution in [0, 0.1) is 0 Å². The fourth-order valence-corrected chi connectivity index (χ4v) is 1.20. The molecule has 1 atom stereocenters. The quantitative estimate of drug-likeness (QED) is 0.268. The molecular formula is C10H23N3O3. The van der Waals surface area contributed by atoms with Gasteiger partial charge in [0.25, 0.3) is 0 Å². The number of ether oxygens (including phenoxy) is 1. The summed E-state index contributed by atoms with van der Waals surface area (Å²) < 4.78 is 5.06. The first-order valence-electron chi connectivity index (χ1n) is 5.63. The minimum atomic E-state index is -0.895. The van der Waals surface area contributed by atoms with Crippen LogP contribution in [0.25, 0.3) is 0 Å². The van der Waals surface area contributed by atoms with Crippen molar-refractivity contribution in [1.29, 1.82) is 0 Å². The average Bonchev–Trinajstić information content (AvgIpc) is 2.20. The number of aliphatic hydroxyl groups is 1. The zero-order valence-electron chi connectivity index (χ0n) is 9.65. The lowest BCUT2D eigenvalue weighted by Gasteiger charge is -2.07.